The highest BCUT2D eigenvalue weighted by Crippen LogP contribution is 2.22. The number of aliphatic hydroxyl groups is 1. The Bertz CT molecular complexity index is 432. The smallest absolute Gasteiger partial charge is 0.311 e. The second kappa shape index (κ2) is 5.63. The van der Waals surface area contributed by atoms with Crippen molar-refractivity contribution in [3.63, 3.8) is 0 Å². The van der Waals surface area contributed by atoms with Crippen molar-refractivity contribution >= 4 is 17.3 Å². The SMILES string of the molecule is CCC(O)(CC)CNc1ccc([N+](=O)[O-])c(N)n1. The van der Waals surface area contributed by atoms with Crippen LogP contribution in [0.3, 0.4) is 0 Å². The minimum atomic E-state index is -0.807. The number of rotatable bonds is 6. The van der Waals surface area contributed by atoms with Gasteiger partial charge in [-0.2, -0.15) is 0 Å². The van der Waals surface area contributed by atoms with E-state index < -0.39 is 10.5 Å². The minimum absolute atomic E-state index is 0.137. The van der Waals surface area contributed by atoms with Gasteiger partial charge in [0.05, 0.1) is 10.5 Å². The predicted octanol–water partition coefficient (Wildman–Crippen LogP) is 1.53. The molecular weight excluding hydrogens is 236 g/mol. The molecule has 0 saturated heterocycles. The Morgan fingerprint density at radius 2 is 2.11 bits per heavy atom. The molecule has 0 spiro atoms. The second-order valence-corrected chi connectivity index (χ2v) is 4.14. The van der Waals surface area contributed by atoms with Crippen LogP contribution >= 0.6 is 0 Å². The van der Waals surface area contributed by atoms with Crippen LogP contribution in [0, 0.1) is 10.1 Å². The summed E-state index contributed by atoms with van der Waals surface area (Å²) >= 11 is 0. The average Bonchev–Trinajstić information content (AvgIpc) is 2.35. The third-order valence-corrected chi connectivity index (χ3v) is 3.01. The Morgan fingerprint density at radius 1 is 1.50 bits per heavy atom. The van der Waals surface area contributed by atoms with E-state index in [1.807, 2.05) is 13.8 Å². The molecule has 0 aliphatic rings. The third-order valence-electron chi connectivity index (χ3n) is 3.01. The van der Waals surface area contributed by atoms with E-state index in [-0.39, 0.29) is 11.5 Å². The first kappa shape index (κ1) is 14.2. The van der Waals surface area contributed by atoms with Crippen LogP contribution < -0.4 is 11.1 Å². The maximum atomic E-state index is 10.6. The second-order valence-electron chi connectivity index (χ2n) is 4.14. The first-order chi connectivity index (χ1) is 8.41. The quantitative estimate of drug-likeness (QED) is 0.524. The van der Waals surface area contributed by atoms with E-state index in [0.717, 1.165) is 0 Å². The molecule has 0 saturated carbocycles. The van der Waals surface area contributed by atoms with Gasteiger partial charge in [0.1, 0.15) is 5.82 Å². The van der Waals surface area contributed by atoms with Gasteiger partial charge >= 0.3 is 5.69 Å². The Kier molecular flexibility index (Phi) is 4.43. The first-order valence-electron chi connectivity index (χ1n) is 5.79. The zero-order valence-electron chi connectivity index (χ0n) is 10.5. The van der Waals surface area contributed by atoms with Gasteiger partial charge in [0.15, 0.2) is 0 Å². The van der Waals surface area contributed by atoms with Gasteiger partial charge in [-0.05, 0) is 18.9 Å². The number of nitrogen functional groups attached to an aromatic ring is 1. The van der Waals surface area contributed by atoms with Crippen LogP contribution in [-0.2, 0) is 0 Å². The van der Waals surface area contributed by atoms with E-state index in [4.69, 9.17) is 5.73 Å². The molecule has 0 atom stereocenters. The van der Waals surface area contributed by atoms with E-state index in [1.54, 1.807) is 0 Å². The van der Waals surface area contributed by atoms with Gasteiger partial charge in [-0.3, -0.25) is 10.1 Å². The van der Waals surface area contributed by atoms with Crippen molar-refractivity contribution in [1.29, 1.82) is 0 Å². The number of hydrogen-bond donors (Lipinski definition) is 3. The van der Waals surface area contributed by atoms with Crippen molar-refractivity contribution in [2.24, 2.45) is 0 Å². The lowest BCUT2D eigenvalue weighted by atomic mass is 9.98. The summed E-state index contributed by atoms with van der Waals surface area (Å²) in [7, 11) is 0. The van der Waals surface area contributed by atoms with E-state index in [9.17, 15) is 15.2 Å². The Balaban J connectivity index is 2.75. The number of nitrogens with one attached hydrogen (secondary N) is 1. The molecule has 0 fully saturated rings. The molecule has 1 heterocycles. The molecule has 1 aromatic heterocycles. The van der Waals surface area contributed by atoms with Gasteiger partial charge in [0.25, 0.3) is 0 Å². The minimum Gasteiger partial charge on any atom is -0.388 e. The highest BCUT2D eigenvalue weighted by atomic mass is 16.6. The van der Waals surface area contributed by atoms with Crippen LogP contribution in [0.2, 0.25) is 0 Å². The number of pyridine rings is 1. The zero-order valence-corrected chi connectivity index (χ0v) is 10.5. The van der Waals surface area contributed by atoms with Crippen molar-refractivity contribution in [2.75, 3.05) is 17.6 Å². The summed E-state index contributed by atoms with van der Waals surface area (Å²) in [4.78, 5) is 13.9. The van der Waals surface area contributed by atoms with E-state index in [1.165, 1.54) is 12.1 Å². The fraction of sp³-hybridized carbons (Fsp3) is 0.545. The summed E-state index contributed by atoms with van der Waals surface area (Å²) in [6.45, 7) is 4.11. The summed E-state index contributed by atoms with van der Waals surface area (Å²) in [5.41, 5.74) is 4.44. The lowest BCUT2D eigenvalue weighted by Crippen LogP contribution is -2.35. The monoisotopic (exact) mass is 254 g/mol. The molecule has 7 heteroatoms. The van der Waals surface area contributed by atoms with E-state index >= 15 is 0 Å². The molecule has 0 aromatic carbocycles. The summed E-state index contributed by atoms with van der Waals surface area (Å²) in [5, 5.41) is 23.6. The maximum Gasteiger partial charge on any atom is 0.311 e. The molecule has 1 aromatic rings. The standard InChI is InChI=1S/C11H18N4O3/c1-3-11(16,4-2)7-13-9-6-5-8(15(17)18)10(12)14-9/h5-6,16H,3-4,7H2,1-2H3,(H3,12,13,14). The largest absolute Gasteiger partial charge is 0.388 e. The summed E-state index contributed by atoms with van der Waals surface area (Å²) in [6, 6.07) is 2.77. The zero-order chi connectivity index (χ0) is 13.8. The van der Waals surface area contributed by atoms with E-state index in [2.05, 4.69) is 10.3 Å². The van der Waals surface area contributed by atoms with Crippen molar-refractivity contribution in [2.45, 2.75) is 32.3 Å². The Morgan fingerprint density at radius 3 is 2.56 bits per heavy atom. The fourth-order valence-corrected chi connectivity index (χ4v) is 1.48. The summed E-state index contributed by atoms with van der Waals surface area (Å²) < 4.78 is 0. The van der Waals surface area contributed by atoms with Gasteiger partial charge in [0, 0.05) is 12.6 Å². The lowest BCUT2D eigenvalue weighted by Gasteiger charge is -2.25. The van der Waals surface area contributed by atoms with Crippen molar-refractivity contribution in [3.8, 4) is 0 Å². The number of nitrogens with two attached hydrogens (primary N) is 1. The molecule has 100 valence electrons. The van der Waals surface area contributed by atoms with E-state index in [0.29, 0.717) is 25.2 Å². The highest BCUT2D eigenvalue weighted by molar-refractivity contribution is 5.57. The predicted molar refractivity (Wildman–Crippen MR) is 69.3 cm³/mol. The normalized spacial score (nSPS) is 11.3. The lowest BCUT2D eigenvalue weighted by molar-refractivity contribution is -0.384. The number of nitro groups is 1. The van der Waals surface area contributed by atoms with Crippen molar-refractivity contribution < 1.29 is 10.0 Å². The Labute approximate surface area is 105 Å². The van der Waals surface area contributed by atoms with Crippen LogP contribution in [0.15, 0.2) is 12.1 Å². The average molecular weight is 254 g/mol. The molecule has 0 unspecified atom stereocenters. The molecule has 0 bridgehead atoms. The van der Waals surface area contributed by atoms with Crippen LogP contribution in [0.1, 0.15) is 26.7 Å². The molecule has 18 heavy (non-hydrogen) atoms. The van der Waals surface area contributed by atoms with Crippen LogP contribution in [0.25, 0.3) is 0 Å². The summed E-state index contributed by atoms with van der Waals surface area (Å²) in [6.07, 6.45) is 1.22. The Hall–Kier alpha value is -1.89. The van der Waals surface area contributed by atoms with Gasteiger partial charge in [0.2, 0.25) is 5.82 Å². The highest BCUT2D eigenvalue weighted by Gasteiger charge is 2.22. The maximum absolute atomic E-state index is 10.6. The molecule has 0 aliphatic heterocycles. The van der Waals surface area contributed by atoms with Crippen LogP contribution in [0.5, 0.6) is 0 Å². The first-order valence-corrected chi connectivity index (χ1v) is 5.79. The number of aromatic nitrogens is 1. The molecular formula is C11H18N4O3. The molecule has 0 radical (unpaired) electrons. The number of nitrogens with zero attached hydrogens (tertiary/aromatic N) is 2. The topological polar surface area (TPSA) is 114 Å². The summed E-state index contributed by atoms with van der Waals surface area (Å²) in [5.74, 6) is 0.278. The molecule has 0 amide bonds. The van der Waals surface area contributed by atoms with Gasteiger partial charge in [-0.1, -0.05) is 13.8 Å². The molecule has 4 N–H and O–H groups in total. The van der Waals surface area contributed by atoms with Gasteiger partial charge in [-0.25, -0.2) is 4.98 Å². The third kappa shape index (κ3) is 3.30. The molecule has 7 nitrogen and oxygen atoms in total. The number of anilines is 2. The molecule has 0 aliphatic carbocycles. The fourth-order valence-electron chi connectivity index (χ4n) is 1.48. The van der Waals surface area contributed by atoms with Gasteiger partial charge in [-0.15, -0.1) is 0 Å². The van der Waals surface area contributed by atoms with Crippen LogP contribution in [0.4, 0.5) is 17.3 Å². The van der Waals surface area contributed by atoms with Crippen molar-refractivity contribution in [1.82, 2.24) is 4.98 Å². The van der Waals surface area contributed by atoms with Gasteiger partial charge < -0.3 is 16.2 Å². The van der Waals surface area contributed by atoms with Crippen molar-refractivity contribution in [3.05, 3.63) is 22.2 Å². The van der Waals surface area contributed by atoms with Crippen LogP contribution in [-0.4, -0.2) is 27.2 Å². The number of hydrogen-bond acceptors (Lipinski definition) is 6. The molecule has 1 rings (SSSR count).